The van der Waals surface area contributed by atoms with Crippen molar-refractivity contribution in [2.45, 2.75) is 230 Å². The van der Waals surface area contributed by atoms with Crippen LogP contribution in [-0.4, -0.2) is 237 Å². The number of aliphatic carboxylic acids is 1. The molecule has 0 spiro atoms. The number of nitrogens with zero attached hydrogens (tertiary/aromatic N) is 4. The predicted octanol–water partition coefficient (Wildman–Crippen LogP) is 6.87. The number of nitrogens with two attached hydrogens (primary N) is 1. The number of unbranched alkanes of at least 4 members (excludes halogenated alkanes) is 1. The van der Waals surface area contributed by atoms with E-state index in [9.17, 15) is 53.1 Å². The van der Waals surface area contributed by atoms with Gasteiger partial charge in [0.25, 0.3) is 5.91 Å². The Bertz CT molecular complexity index is 3550. The molecule has 12 atom stereocenters. The van der Waals surface area contributed by atoms with Crippen LogP contribution in [0, 0.1) is 11.8 Å². The van der Waals surface area contributed by atoms with Gasteiger partial charge in [0.15, 0.2) is 6.10 Å². The van der Waals surface area contributed by atoms with Crippen molar-refractivity contribution in [2.24, 2.45) is 17.6 Å². The number of benzene rings is 3. The summed E-state index contributed by atoms with van der Waals surface area (Å²) in [5.41, 5.74) is 8.42. The summed E-state index contributed by atoms with van der Waals surface area (Å²) in [6.45, 7) is 28.4. The number of carbonyl (C=O) groups is 13. The number of esters is 1. The van der Waals surface area contributed by atoms with E-state index in [2.05, 4.69) is 43.8 Å². The van der Waals surface area contributed by atoms with Gasteiger partial charge in [0.2, 0.25) is 53.2 Å². The number of carbonyl (C=O) groups excluding carboxylic acids is 12. The Balaban J connectivity index is 2.04. The Morgan fingerprint density at radius 3 is 1.49 bits per heavy atom. The van der Waals surface area contributed by atoms with Crippen LogP contribution < -0.4 is 43.0 Å². The molecule has 0 aromatic heterocycles. The number of amides is 11. The fourth-order valence-corrected chi connectivity index (χ4v) is 15.9. The minimum absolute atomic E-state index is 0.00768. The summed E-state index contributed by atoms with van der Waals surface area (Å²) in [5, 5.41) is 28.5. The Kier molecular flexibility index (Phi) is 41.8. The summed E-state index contributed by atoms with van der Waals surface area (Å²) in [7, 11) is 11.2. The summed E-state index contributed by atoms with van der Waals surface area (Å²) in [4.78, 5) is 188. The van der Waals surface area contributed by atoms with Gasteiger partial charge in [-0.1, -0.05) is 216 Å². The fourth-order valence-electron chi connectivity index (χ4n) is 11.0. The lowest BCUT2D eigenvalue weighted by Crippen LogP contribution is -2.60. The van der Waals surface area contributed by atoms with Gasteiger partial charge < -0.3 is 77.1 Å². The number of likely N-dealkylation sites (N-methyl/N-ethyl adjacent to an activating group) is 4. The maximum Gasteiger partial charge on any atom is 0.408 e. The molecule has 10 N–H and O–H groups in total. The maximum absolute atomic E-state index is 15.2. The first-order valence-electron chi connectivity index (χ1n) is 37.3. The lowest BCUT2D eigenvalue weighted by molar-refractivity contribution is -0.156. The third-order valence-corrected chi connectivity index (χ3v) is 24.2. The standard InChI is InChI=1S/C79H120N12O16S4/c1-20-40-106-77(105)87-61(46-108-110-78(10,11)12)66(93)81-39-31-30-38-58(84-68(95)59(44-55-34-26-22-27-35-55)85-70(97)64(47-109-111-79(13,14)15)107-76(104)57(80)43-54-32-24-21-25-33-54)67(94)86-60(41-48(2)3)73(100)89(17)53(9)72(99)90(18)62(42-49(4)5)69(96)82-50(6)71(98)91(19)63(45-56-36-28-23-29-37-56)74(101)88(16)52(8)65(92)83-51(7)75(102)103/h20-29,32-37,48-53,57-64H,1,30-31,38-47,80H2,2-19H3,(H,81,93)(H,82,96)(H,83,92)(H,84,95)(H,85,97)(H,86,94)(H,87,105)(H,102,103)/t50-,51-,52-,53-,57-,58-,59-,60-,61-,62-,63-,64?/m0/s1. The highest BCUT2D eigenvalue weighted by Gasteiger charge is 2.41. The number of hydrogen-bond acceptors (Lipinski definition) is 20. The minimum Gasteiger partial charge on any atom is -0.480 e. The molecule has 0 aliphatic heterocycles. The van der Waals surface area contributed by atoms with Crippen molar-refractivity contribution in [2.75, 3.05) is 52.8 Å². The molecule has 1 unspecified atom stereocenters. The van der Waals surface area contributed by atoms with Gasteiger partial charge in [-0.15, -0.1) is 0 Å². The van der Waals surface area contributed by atoms with Crippen molar-refractivity contribution >= 4 is 120 Å². The van der Waals surface area contributed by atoms with Gasteiger partial charge in [-0.25, -0.2) is 4.79 Å². The van der Waals surface area contributed by atoms with Crippen LogP contribution in [0.25, 0.3) is 0 Å². The van der Waals surface area contributed by atoms with E-state index in [1.165, 1.54) is 115 Å². The van der Waals surface area contributed by atoms with Gasteiger partial charge in [0.05, 0.1) is 5.75 Å². The van der Waals surface area contributed by atoms with Crippen LogP contribution in [0.5, 0.6) is 0 Å². The Morgan fingerprint density at radius 2 is 0.964 bits per heavy atom. The number of rotatable bonds is 46. The summed E-state index contributed by atoms with van der Waals surface area (Å²) >= 11 is 0. The monoisotopic (exact) mass is 1620 g/mol. The van der Waals surface area contributed by atoms with E-state index in [0.717, 1.165) is 15.4 Å². The fraction of sp³-hybridized carbons (Fsp3) is 0.582. The number of hydrogen-bond donors (Lipinski definition) is 9. The molecule has 0 fully saturated rings. The van der Waals surface area contributed by atoms with Gasteiger partial charge in [0.1, 0.15) is 73.1 Å². The summed E-state index contributed by atoms with van der Waals surface area (Å²) < 4.78 is 10.6. The van der Waals surface area contributed by atoms with Crippen LogP contribution in [0.15, 0.2) is 104 Å². The number of alkyl carbamates (subject to hydrolysis) is 1. The Hall–Kier alpha value is -8.33. The van der Waals surface area contributed by atoms with E-state index in [4.69, 9.17) is 15.2 Å². The Morgan fingerprint density at radius 1 is 0.486 bits per heavy atom. The first-order chi connectivity index (χ1) is 52.0. The molecule has 3 aromatic rings. The SMILES string of the molecule is C=CCOC(=O)N[C@@H](CSSC(C)(C)C)C(=O)NCCCC[C@H](NC(=O)[C@H](Cc1ccccc1)NC(=O)C(CSSC(C)(C)C)OC(=O)[C@@H](N)Cc1ccccc1)C(=O)N[C@@H](CC(C)C)C(=O)N(C)[C@@H](C)C(=O)N(C)[C@@H](CC(C)C)C(=O)N[C@@H](C)C(=O)N(C)[C@@H](Cc1ccccc1)C(=O)N(C)[C@@H](C)C(=O)N[C@@H](C)C(=O)O. The zero-order valence-electron chi connectivity index (χ0n) is 67.6. The summed E-state index contributed by atoms with van der Waals surface area (Å²) in [5.74, 6) is -9.64. The third-order valence-electron chi connectivity index (χ3n) is 17.5. The highest BCUT2D eigenvalue weighted by atomic mass is 33.1. The molecule has 0 aliphatic carbocycles. The average molecular weight is 1620 g/mol. The van der Waals surface area contributed by atoms with Crippen LogP contribution >= 0.6 is 43.2 Å². The summed E-state index contributed by atoms with van der Waals surface area (Å²) in [6.07, 6.45) is -0.439. The quantitative estimate of drug-likeness (QED) is 0.0121. The molecule has 0 saturated carbocycles. The molecule has 3 rings (SSSR count). The summed E-state index contributed by atoms with van der Waals surface area (Å²) in [6, 6.07) is 12.8. The van der Waals surface area contributed by atoms with Crippen molar-refractivity contribution in [1.82, 2.24) is 56.8 Å². The van der Waals surface area contributed by atoms with Gasteiger partial charge in [-0.3, -0.25) is 57.5 Å². The predicted molar refractivity (Wildman–Crippen MR) is 438 cm³/mol. The number of carboxylic acids is 1. The molecule has 11 amide bonds. The van der Waals surface area contributed by atoms with Crippen molar-refractivity contribution < 1.29 is 76.9 Å². The topological polar surface area (TPSA) is 384 Å². The Labute approximate surface area is 671 Å². The molecule has 3 aromatic carbocycles. The average Bonchev–Trinajstić information content (AvgIpc) is 0.823. The molecule has 28 nitrogen and oxygen atoms in total. The molecule has 32 heteroatoms. The van der Waals surface area contributed by atoms with Gasteiger partial charge in [-0.05, 0) is 94.7 Å². The molecule has 0 bridgehead atoms. The molecule has 111 heavy (non-hydrogen) atoms. The van der Waals surface area contributed by atoms with Crippen LogP contribution in [0.3, 0.4) is 0 Å². The molecular formula is C79H120N12O16S4. The van der Waals surface area contributed by atoms with Gasteiger partial charge >= 0.3 is 18.0 Å². The molecule has 0 saturated heterocycles. The van der Waals surface area contributed by atoms with Crippen molar-refractivity contribution in [3.8, 4) is 0 Å². The molecular weight excluding hydrogens is 1500 g/mol. The first-order valence-corrected chi connectivity index (χ1v) is 41.9. The zero-order chi connectivity index (χ0) is 83.6. The maximum atomic E-state index is 15.2. The minimum atomic E-state index is -1.45. The van der Waals surface area contributed by atoms with E-state index in [1.807, 2.05) is 75.3 Å². The second kappa shape index (κ2) is 47.9. The normalized spacial score (nSPS) is 14.7. The van der Waals surface area contributed by atoms with Crippen LogP contribution in [0.1, 0.15) is 146 Å². The van der Waals surface area contributed by atoms with Gasteiger partial charge in [-0.2, -0.15) is 0 Å². The van der Waals surface area contributed by atoms with Gasteiger partial charge in [0, 0.05) is 62.8 Å². The first kappa shape index (κ1) is 96.9. The van der Waals surface area contributed by atoms with Crippen LogP contribution in [-0.2, 0) is 86.3 Å². The highest BCUT2D eigenvalue weighted by Crippen LogP contribution is 2.37. The number of carboxylic acid groups (broad SMARTS) is 1. The second-order valence-electron chi connectivity index (χ2n) is 30.4. The molecule has 0 radical (unpaired) electrons. The van der Waals surface area contributed by atoms with E-state index < -0.39 is 150 Å². The number of ether oxygens (including phenoxy) is 2. The van der Waals surface area contributed by atoms with Crippen molar-refractivity contribution in [3.05, 3.63) is 120 Å². The van der Waals surface area contributed by atoms with E-state index in [1.54, 1.807) is 84.9 Å². The molecule has 0 heterocycles. The van der Waals surface area contributed by atoms with E-state index in [0.29, 0.717) is 11.1 Å². The third kappa shape index (κ3) is 35.1. The molecule has 616 valence electrons. The van der Waals surface area contributed by atoms with Crippen molar-refractivity contribution in [3.63, 3.8) is 0 Å². The number of nitrogens with one attached hydrogen (secondary N) is 7. The van der Waals surface area contributed by atoms with Crippen LogP contribution in [0.4, 0.5) is 4.79 Å². The van der Waals surface area contributed by atoms with E-state index in [-0.39, 0.29) is 97.4 Å². The smallest absolute Gasteiger partial charge is 0.408 e. The largest absolute Gasteiger partial charge is 0.480 e. The zero-order valence-corrected chi connectivity index (χ0v) is 70.8. The second-order valence-corrected chi connectivity index (χ2v) is 36.7. The van der Waals surface area contributed by atoms with Crippen LogP contribution in [0.2, 0.25) is 0 Å². The lowest BCUT2D eigenvalue weighted by Gasteiger charge is -2.36. The molecule has 0 aliphatic rings. The van der Waals surface area contributed by atoms with E-state index >= 15 is 14.4 Å². The lowest BCUT2D eigenvalue weighted by atomic mass is 9.99. The highest BCUT2D eigenvalue weighted by molar-refractivity contribution is 8.77. The van der Waals surface area contributed by atoms with Crippen molar-refractivity contribution in [1.29, 1.82) is 0 Å².